The van der Waals surface area contributed by atoms with Crippen molar-refractivity contribution in [2.45, 2.75) is 25.0 Å². The van der Waals surface area contributed by atoms with E-state index in [0.717, 1.165) is 23.5 Å². The summed E-state index contributed by atoms with van der Waals surface area (Å²) in [6.07, 6.45) is 0.833. The summed E-state index contributed by atoms with van der Waals surface area (Å²) in [6.45, 7) is 2.19. The lowest BCUT2D eigenvalue weighted by molar-refractivity contribution is 0.0235. The van der Waals surface area contributed by atoms with Crippen molar-refractivity contribution in [1.29, 1.82) is 0 Å². The van der Waals surface area contributed by atoms with Gasteiger partial charge in [0.2, 0.25) is 0 Å². The Hall–Kier alpha value is -0.740. The molecular formula is C13H16FNOS. The summed E-state index contributed by atoms with van der Waals surface area (Å²) in [5.41, 5.74) is 6.94. The van der Waals surface area contributed by atoms with E-state index in [1.165, 1.54) is 12.1 Å². The number of fused-ring (bicyclic) bond motifs is 1. The largest absolute Gasteiger partial charge is 0.486 e. The van der Waals surface area contributed by atoms with Crippen molar-refractivity contribution in [1.82, 2.24) is 0 Å². The molecule has 1 fully saturated rings. The maximum absolute atomic E-state index is 13.3. The zero-order valence-corrected chi connectivity index (χ0v) is 10.6. The smallest absolute Gasteiger partial charge is 0.127 e. The Morgan fingerprint density at radius 3 is 3.06 bits per heavy atom. The van der Waals surface area contributed by atoms with Crippen molar-refractivity contribution in [3.05, 3.63) is 29.6 Å². The second-order valence-corrected chi connectivity index (χ2v) is 6.11. The molecule has 0 bridgehead atoms. The monoisotopic (exact) mass is 253 g/mol. The average molecular weight is 253 g/mol. The molecule has 0 saturated carbocycles. The highest BCUT2D eigenvalue weighted by Gasteiger charge is 2.47. The summed E-state index contributed by atoms with van der Waals surface area (Å²) in [4.78, 5) is 0. The van der Waals surface area contributed by atoms with Crippen molar-refractivity contribution in [3.8, 4) is 5.75 Å². The van der Waals surface area contributed by atoms with Gasteiger partial charge in [-0.15, -0.1) is 0 Å². The average Bonchev–Trinajstić information content (AvgIpc) is 2.59. The lowest BCUT2D eigenvalue weighted by atomic mass is 9.81. The third-order valence-corrected chi connectivity index (χ3v) is 5.29. The summed E-state index contributed by atoms with van der Waals surface area (Å²) >= 11 is 1.89. The molecule has 0 aliphatic carbocycles. The SMILES string of the molecule is CC1CSCC12CC(N)c1ccc(F)cc1O2. The lowest BCUT2D eigenvalue weighted by Gasteiger charge is -2.41. The Bertz CT molecular complexity index is 453. The van der Waals surface area contributed by atoms with Crippen LogP contribution in [-0.4, -0.2) is 17.1 Å². The predicted octanol–water partition coefficient (Wildman–Crippen LogP) is 2.73. The van der Waals surface area contributed by atoms with Crippen molar-refractivity contribution in [3.63, 3.8) is 0 Å². The summed E-state index contributed by atoms with van der Waals surface area (Å²) in [5, 5.41) is 0. The molecule has 1 aromatic rings. The van der Waals surface area contributed by atoms with Gasteiger partial charge in [0.15, 0.2) is 0 Å². The van der Waals surface area contributed by atoms with Gasteiger partial charge < -0.3 is 10.5 Å². The van der Waals surface area contributed by atoms with E-state index in [0.29, 0.717) is 11.7 Å². The van der Waals surface area contributed by atoms with Crippen molar-refractivity contribution in [2.24, 2.45) is 11.7 Å². The van der Waals surface area contributed by atoms with E-state index in [-0.39, 0.29) is 17.5 Å². The molecule has 2 aliphatic heterocycles. The molecule has 1 saturated heterocycles. The quantitative estimate of drug-likeness (QED) is 0.772. The number of benzene rings is 1. The van der Waals surface area contributed by atoms with Gasteiger partial charge in [-0.1, -0.05) is 13.0 Å². The van der Waals surface area contributed by atoms with E-state index in [2.05, 4.69) is 6.92 Å². The molecule has 0 radical (unpaired) electrons. The van der Waals surface area contributed by atoms with Crippen molar-refractivity contribution >= 4 is 11.8 Å². The van der Waals surface area contributed by atoms with Crippen LogP contribution in [0.5, 0.6) is 5.75 Å². The highest BCUT2D eigenvalue weighted by atomic mass is 32.2. The molecule has 0 aromatic heterocycles. The number of rotatable bonds is 0. The summed E-state index contributed by atoms with van der Waals surface area (Å²) in [5.74, 6) is 2.90. The second kappa shape index (κ2) is 3.89. The molecule has 2 heterocycles. The molecule has 3 unspecified atom stereocenters. The zero-order valence-electron chi connectivity index (χ0n) is 9.78. The Balaban J connectivity index is 2.02. The fourth-order valence-electron chi connectivity index (χ4n) is 2.74. The van der Waals surface area contributed by atoms with Crippen LogP contribution < -0.4 is 10.5 Å². The fraction of sp³-hybridized carbons (Fsp3) is 0.538. The molecule has 3 rings (SSSR count). The van der Waals surface area contributed by atoms with Gasteiger partial charge >= 0.3 is 0 Å². The topological polar surface area (TPSA) is 35.2 Å². The van der Waals surface area contributed by atoms with Crippen LogP contribution in [0.1, 0.15) is 24.9 Å². The van der Waals surface area contributed by atoms with Crippen molar-refractivity contribution in [2.75, 3.05) is 11.5 Å². The van der Waals surface area contributed by atoms with Crippen LogP contribution in [0.25, 0.3) is 0 Å². The highest BCUT2D eigenvalue weighted by molar-refractivity contribution is 7.99. The number of hydrogen-bond acceptors (Lipinski definition) is 3. The molecule has 1 spiro atoms. The van der Waals surface area contributed by atoms with Gasteiger partial charge in [-0.2, -0.15) is 11.8 Å². The van der Waals surface area contributed by atoms with Crippen LogP contribution in [0.4, 0.5) is 4.39 Å². The molecule has 92 valence electrons. The van der Waals surface area contributed by atoms with E-state index < -0.39 is 0 Å². The Morgan fingerprint density at radius 1 is 1.53 bits per heavy atom. The van der Waals surface area contributed by atoms with E-state index >= 15 is 0 Å². The van der Waals surface area contributed by atoms with Crippen LogP contribution in [0.2, 0.25) is 0 Å². The number of nitrogens with two attached hydrogens (primary N) is 1. The Morgan fingerprint density at radius 2 is 2.35 bits per heavy atom. The standard InChI is InChI=1S/C13H16FNOS/c1-8-6-17-7-13(8)5-11(15)10-3-2-9(14)4-12(10)16-13/h2-4,8,11H,5-7,15H2,1H3. The first-order valence-corrected chi connectivity index (χ1v) is 7.08. The van der Waals surface area contributed by atoms with Crippen LogP contribution >= 0.6 is 11.8 Å². The van der Waals surface area contributed by atoms with Crippen molar-refractivity contribution < 1.29 is 9.13 Å². The van der Waals surface area contributed by atoms with Gasteiger partial charge in [-0.05, 0) is 11.8 Å². The summed E-state index contributed by atoms with van der Waals surface area (Å²) in [7, 11) is 0. The second-order valence-electron chi connectivity index (χ2n) is 5.08. The third kappa shape index (κ3) is 1.74. The van der Waals surface area contributed by atoms with E-state index in [1.807, 2.05) is 11.8 Å². The fourth-order valence-corrected chi connectivity index (χ4v) is 4.32. The molecule has 0 amide bonds. The maximum atomic E-state index is 13.3. The van der Waals surface area contributed by atoms with Gasteiger partial charge in [-0.3, -0.25) is 0 Å². The van der Waals surface area contributed by atoms with Crippen LogP contribution in [0.3, 0.4) is 0 Å². The van der Waals surface area contributed by atoms with Gasteiger partial charge in [0.05, 0.1) is 0 Å². The maximum Gasteiger partial charge on any atom is 0.127 e. The normalized spacial score (nSPS) is 35.7. The number of hydrogen-bond donors (Lipinski definition) is 1. The predicted molar refractivity (Wildman–Crippen MR) is 67.8 cm³/mol. The van der Waals surface area contributed by atoms with Gasteiger partial charge in [-0.25, -0.2) is 4.39 Å². The highest BCUT2D eigenvalue weighted by Crippen LogP contribution is 2.47. The number of thioether (sulfide) groups is 1. The number of ether oxygens (including phenoxy) is 1. The summed E-state index contributed by atoms with van der Waals surface area (Å²) in [6, 6.07) is 4.62. The summed E-state index contributed by atoms with van der Waals surface area (Å²) < 4.78 is 19.4. The van der Waals surface area contributed by atoms with Gasteiger partial charge in [0.25, 0.3) is 0 Å². The molecule has 1 aromatic carbocycles. The molecule has 3 atom stereocenters. The Kier molecular flexibility index (Phi) is 2.60. The van der Waals surface area contributed by atoms with Gasteiger partial charge in [0, 0.05) is 35.8 Å². The molecule has 17 heavy (non-hydrogen) atoms. The van der Waals surface area contributed by atoms with E-state index in [4.69, 9.17) is 10.5 Å². The number of halogens is 1. The zero-order chi connectivity index (χ0) is 12.0. The third-order valence-electron chi connectivity index (χ3n) is 3.87. The Labute approximate surface area is 105 Å². The molecule has 2 aliphatic rings. The first kappa shape index (κ1) is 11.4. The van der Waals surface area contributed by atoms with Crippen LogP contribution in [-0.2, 0) is 0 Å². The minimum absolute atomic E-state index is 0.0412. The van der Waals surface area contributed by atoms with Crippen LogP contribution in [0, 0.1) is 11.7 Å². The lowest BCUT2D eigenvalue weighted by Crippen LogP contribution is -2.47. The first-order valence-electron chi connectivity index (χ1n) is 5.92. The molecule has 2 nitrogen and oxygen atoms in total. The molecule has 2 N–H and O–H groups in total. The minimum Gasteiger partial charge on any atom is -0.486 e. The van der Waals surface area contributed by atoms with E-state index in [9.17, 15) is 4.39 Å². The minimum atomic E-state index is -0.258. The molecule has 4 heteroatoms. The molecular weight excluding hydrogens is 237 g/mol. The first-order chi connectivity index (χ1) is 8.11. The van der Waals surface area contributed by atoms with E-state index in [1.54, 1.807) is 6.07 Å². The van der Waals surface area contributed by atoms with Crippen LogP contribution in [0.15, 0.2) is 18.2 Å². The van der Waals surface area contributed by atoms with Gasteiger partial charge in [0.1, 0.15) is 17.2 Å².